The van der Waals surface area contributed by atoms with Crippen LogP contribution >= 0.6 is 27.3 Å². The lowest BCUT2D eigenvalue weighted by Gasteiger charge is -2.19. The lowest BCUT2D eigenvalue weighted by atomic mass is 10.1. The third-order valence-corrected chi connectivity index (χ3v) is 4.76. The van der Waals surface area contributed by atoms with Crippen molar-refractivity contribution in [3.05, 3.63) is 52.1 Å². The van der Waals surface area contributed by atoms with E-state index in [4.69, 9.17) is 4.74 Å². The molecule has 4 nitrogen and oxygen atoms in total. The van der Waals surface area contributed by atoms with Gasteiger partial charge in [-0.15, -0.1) is 11.3 Å². The van der Waals surface area contributed by atoms with Crippen molar-refractivity contribution in [3.8, 4) is 0 Å². The summed E-state index contributed by atoms with van der Waals surface area (Å²) in [7, 11) is 1.70. The second-order valence-corrected chi connectivity index (χ2v) is 6.98. The van der Waals surface area contributed by atoms with Gasteiger partial charge in [-0.3, -0.25) is 0 Å². The highest BCUT2D eigenvalue weighted by Gasteiger charge is 2.15. The lowest BCUT2D eigenvalue weighted by molar-refractivity contribution is 0.186. The number of hydrogen-bond donors (Lipinski definition) is 1. The molecule has 0 aliphatic carbocycles. The van der Waals surface area contributed by atoms with E-state index in [1.807, 2.05) is 24.3 Å². The average Bonchev–Trinajstić information content (AvgIpc) is 2.89. The Labute approximate surface area is 135 Å². The van der Waals surface area contributed by atoms with Crippen LogP contribution in [0.1, 0.15) is 11.6 Å². The maximum atomic E-state index is 5.34. The first-order chi connectivity index (χ1) is 10.3. The highest BCUT2D eigenvalue weighted by molar-refractivity contribution is 9.11. The van der Waals surface area contributed by atoms with Crippen molar-refractivity contribution in [3.63, 3.8) is 0 Å². The van der Waals surface area contributed by atoms with Crippen molar-refractivity contribution in [2.45, 2.75) is 6.04 Å². The van der Waals surface area contributed by atoms with Crippen LogP contribution in [-0.2, 0) is 4.74 Å². The summed E-state index contributed by atoms with van der Waals surface area (Å²) >= 11 is 5.12. The molecular weight excluding hydrogens is 350 g/mol. The molecule has 0 spiro atoms. The third kappa shape index (κ3) is 3.23. The van der Waals surface area contributed by atoms with Gasteiger partial charge in [-0.25, -0.2) is 9.97 Å². The van der Waals surface area contributed by atoms with Gasteiger partial charge in [0.2, 0.25) is 0 Å². The fraction of sp³-hybridized carbons (Fsp3) is 0.200. The number of aromatic nitrogens is 2. The number of fused-ring (bicyclic) bond motifs is 1. The molecule has 2 heterocycles. The molecule has 0 radical (unpaired) electrons. The van der Waals surface area contributed by atoms with Gasteiger partial charge in [0.1, 0.15) is 12.1 Å². The molecule has 2 aromatic heterocycles. The summed E-state index contributed by atoms with van der Waals surface area (Å²) in [5.41, 5.74) is 2.11. The first kappa shape index (κ1) is 14.4. The molecule has 0 amide bonds. The molecule has 0 saturated carbocycles. The first-order valence-electron chi connectivity index (χ1n) is 6.48. The number of rotatable bonds is 5. The van der Waals surface area contributed by atoms with Crippen molar-refractivity contribution >= 4 is 43.3 Å². The van der Waals surface area contributed by atoms with E-state index in [1.54, 1.807) is 24.8 Å². The Morgan fingerprint density at radius 2 is 2.10 bits per heavy atom. The lowest BCUT2D eigenvalue weighted by Crippen LogP contribution is -2.17. The normalized spacial score (nSPS) is 12.5. The van der Waals surface area contributed by atoms with Gasteiger partial charge in [-0.05, 0) is 27.6 Å². The van der Waals surface area contributed by atoms with Crippen molar-refractivity contribution in [2.24, 2.45) is 0 Å². The second kappa shape index (κ2) is 6.51. The highest BCUT2D eigenvalue weighted by Crippen LogP contribution is 2.33. The molecule has 108 valence electrons. The number of ether oxygens (including phenoxy) is 1. The Hall–Kier alpha value is -1.50. The molecule has 0 fully saturated rings. The van der Waals surface area contributed by atoms with Gasteiger partial charge in [-0.1, -0.05) is 30.3 Å². The summed E-state index contributed by atoms with van der Waals surface area (Å²) in [4.78, 5) is 8.67. The first-order valence-corrected chi connectivity index (χ1v) is 8.09. The number of halogens is 1. The second-order valence-electron chi connectivity index (χ2n) is 4.55. The predicted octanol–water partition coefficient (Wildman–Crippen LogP) is 4.25. The van der Waals surface area contributed by atoms with E-state index in [1.165, 1.54) is 5.56 Å². The molecule has 3 aromatic rings. The molecule has 0 bridgehead atoms. The SMILES string of the molecule is COCC(Nc1ncnc2cc(Br)sc12)c1ccccc1. The van der Waals surface area contributed by atoms with Crippen molar-refractivity contribution in [2.75, 3.05) is 19.0 Å². The monoisotopic (exact) mass is 363 g/mol. The summed E-state index contributed by atoms with van der Waals surface area (Å²) in [6.07, 6.45) is 1.58. The number of anilines is 1. The van der Waals surface area contributed by atoms with Crippen LogP contribution in [-0.4, -0.2) is 23.7 Å². The molecular formula is C15H14BrN3OS. The molecule has 1 aromatic carbocycles. The van der Waals surface area contributed by atoms with Crippen molar-refractivity contribution in [1.29, 1.82) is 0 Å². The number of nitrogens with zero attached hydrogens (tertiary/aromatic N) is 2. The van der Waals surface area contributed by atoms with Gasteiger partial charge in [0, 0.05) is 7.11 Å². The van der Waals surface area contributed by atoms with Crippen molar-refractivity contribution < 1.29 is 4.74 Å². The summed E-state index contributed by atoms with van der Waals surface area (Å²) in [5.74, 6) is 0.835. The van der Waals surface area contributed by atoms with Gasteiger partial charge in [0.15, 0.2) is 0 Å². The predicted molar refractivity (Wildman–Crippen MR) is 89.8 cm³/mol. The minimum absolute atomic E-state index is 0.0511. The topological polar surface area (TPSA) is 47.0 Å². The van der Waals surface area contributed by atoms with Crippen LogP contribution in [0.15, 0.2) is 46.5 Å². The quantitative estimate of drug-likeness (QED) is 0.735. The number of hydrogen-bond acceptors (Lipinski definition) is 5. The average molecular weight is 364 g/mol. The fourth-order valence-electron chi connectivity index (χ4n) is 2.17. The molecule has 0 saturated heterocycles. The molecule has 0 aliphatic rings. The number of benzene rings is 1. The highest BCUT2D eigenvalue weighted by atomic mass is 79.9. The van der Waals surface area contributed by atoms with E-state index in [-0.39, 0.29) is 6.04 Å². The zero-order chi connectivity index (χ0) is 14.7. The minimum Gasteiger partial charge on any atom is -0.382 e. The fourth-order valence-corrected chi connectivity index (χ4v) is 3.66. The van der Waals surface area contributed by atoms with Crippen LogP contribution in [0.5, 0.6) is 0 Å². The molecule has 1 N–H and O–H groups in total. The van der Waals surface area contributed by atoms with Crippen LogP contribution in [0, 0.1) is 0 Å². The minimum atomic E-state index is 0.0511. The van der Waals surface area contributed by atoms with E-state index >= 15 is 0 Å². The van der Waals surface area contributed by atoms with Crippen molar-refractivity contribution in [1.82, 2.24) is 9.97 Å². The smallest absolute Gasteiger partial charge is 0.148 e. The van der Waals surface area contributed by atoms with E-state index in [0.29, 0.717) is 6.61 Å². The van der Waals surface area contributed by atoms with Crippen LogP contribution in [0.3, 0.4) is 0 Å². The van der Waals surface area contributed by atoms with Gasteiger partial charge >= 0.3 is 0 Å². The van der Waals surface area contributed by atoms with E-state index in [0.717, 1.165) is 19.8 Å². The van der Waals surface area contributed by atoms with E-state index in [9.17, 15) is 0 Å². The summed E-state index contributed by atoms with van der Waals surface area (Å²) in [6, 6.07) is 12.3. The van der Waals surface area contributed by atoms with Gasteiger partial charge in [0.25, 0.3) is 0 Å². The third-order valence-electron chi connectivity index (χ3n) is 3.13. The Bertz CT molecular complexity index is 732. The van der Waals surface area contributed by atoms with E-state index in [2.05, 4.69) is 43.3 Å². The Morgan fingerprint density at radius 1 is 1.29 bits per heavy atom. The molecule has 21 heavy (non-hydrogen) atoms. The Kier molecular flexibility index (Phi) is 4.48. The van der Waals surface area contributed by atoms with Crippen LogP contribution in [0.2, 0.25) is 0 Å². The number of nitrogens with one attached hydrogen (secondary N) is 1. The van der Waals surface area contributed by atoms with Gasteiger partial charge < -0.3 is 10.1 Å². The van der Waals surface area contributed by atoms with Crippen LogP contribution < -0.4 is 5.32 Å². The molecule has 0 aliphatic heterocycles. The van der Waals surface area contributed by atoms with Gasteiger partial charge in [-0.2, -0.15) is 0 Å². The van der Waals surface area contributed by atoms with Crippen LogP contribution in [0.25, 0.3) is 10.2 Å². The zero-order valence-electron chi connectivity index (χ0n) is 11.4. The summed E-state index contributed by atoms with van der Waals surface area (Å²) in [6.45, 7) is 0.571. The molecule has 1 unspecified atom stereocenters. The standard InChI is InChI=1S/C15H14BrN3OS/c1-20-8-12(10-5-3-2-4-6-10)19-15-14-11(17-9-18-15)7-13(16)21-14/h2-7,9,12H,8H2,1H3,(H,17,18,19). The summed E-state index contributed by atoms with van der Waals surface area (Å²) < 4.78 is 7.42. The Balaban J connectivity index is 1.94. The summed E-state index contributed by atoms with van der Waals surface area (Å²) in [5, 5.41) is 3.47. The van der Waals surface area contributed by atoms with Gasteiger partial charge in [0.05, 0.1) is 26.7 Å². The maximum Gasteiger partial charge on any atom is 0.148 e. The van der Waals surface area contributed by atoms with Crippen LogP contribution in [0.4, 0.5) is 5.82 Å². The molecule has 6 heteroatoms. The molecule has 3 rings (SSSR count). The largest absolute Gasteiger partial charge is 0.382 e. The number of thiophene rings is 1. The Morgan fingerprint density at radius 3 is 2.86 bits per heavy atom. The molecule has 1 atom stereocenters. The maximum absolute atomic E-state index is 5.34. The zero-order valence-corrected chi connectivity index (χ0v) is 13.8. The van der Waals surface area contributed by atoms with E-state index < -0.39 is 0 Å². The number of methoxy groups -OCH3 is 1.